The summed E-state index contributed by atoms with van der Waals surface area (Å²) in [6, 6.07) is 1.99. The van der Waals surface area contributed by atoms with Gasteiger partial charge in [-0.25, -0.2) is 9.97 Å². The third kappa shape index (κ3) is 2.55. The number of H-pyrrole nitrogens is 1. The molecule has 1 aliphatic heterocycles. The molecule has 4 heterocycles. The smallest absolute Gasteiger partial charge is 0.222 e. The number of aromatic amines is 1. The molecule has 1 saturated carbocycles. The van der Waals surface area contributed by atoms with Gasteiger partial charge in [0, 0.05) is 49.4 Å². The molecule has 146 valence electrons. The van der Waals surface area contributed by atoms with Crippen molar-refractivity contribution in [2.45, 2.75) is 31.7 Å². The molecule has 28 heavy (non-hydrogen) atoms. The van der Waals surface area contributed by atoms with E-state index in [1.54, 1.807) is 6.33 Å². The summed E-state index contributed by atoms with van der Waals surface area (Å²) >= 11 is 0. The Bertz CT molecular complexity index is 1010. The van der Waals surface area contributed by atoms with E-state index in [2.05, 4.69) is 21.1 Å². The van der Waals surface area contributed by atoms with Crippen molar-refractivity contribution >= 4 is 16.9 Å². The minimum absolute atomic E-state index is 0.181. The predicted octanol–water partition coefficient (Wildman–Crippen LogP) is 1.75. The van der Waals surface area contributed by atoms with Crippen molar-refractivity contribution < 1.29 is 4.79 Å². The van der Waals surface area contributed by atoms with E-state index in [-0.39, 0.29) is 11.4 Å². The molecule has 5 rings (SSSR count). The number of carbonyl (C=O) groups is 1. The zero-order chi connectivity index (χ0) is 19.3. The average molecular weight is 379 g/mol. The lowest BCUT2D eigenvalue weighted by Gasteiger charge is -2.30. The molecule has 3 aromatic rings. The molecule has 1 saturated heterocycles. The molecule has 0 aromatic carbocycles. The molecule has 3 aromatic heterocycles. The number of nitrogens with one attached hydrogen (secondary N) is 1. The highest BCUT2D eigenvalue weighted by atomic mass is 16.2. The van der Waals surface area contributed by atoms with Gasteiger partial charge in [-0.3, -0.25) is 9.48 Å². The van der Waals surface area contributed by atoms with Crippen LogP contribution in [0.15, 0.2) is 31.0 Å². The molecular formula is C20H25N7O. The van der Waals surface area contributed by atoms with Gasteiger partial charge in [0.05, 0.1) is 17.4 Å². The first kappa shape index (κ1) is 17.4. The molecule has 8 heteroatoms. The van der Waals surface area contributed by atoms with Gasteiger partial charge in [-0.2, -0.15) is 5.10 Å². The third-order valence-corrected chi connectivity index (χ3v) is 6.59. The van der Waals surface area contributed by atoms with Crippen LogP contribution in [-0.2, 0) is 10.3 Å². The molecule has 3 atom stereocenters. The summed E-state index contributed by atoms with van der Waals surface area (Å²) in [5.74, 6) is 1.26. The van der Waals surface area contributed by atoms with E-state index in [1.165, 1.54) is 0 Å². The number of aromatic nitrogens is 5. The van der Waals surface area contributed by atoms with Gasteiger partial charge in [-0.05, 0) is 30.7 Å². The molecule has 2 aliphatic rings. The maximum atomic E-state index is 12.1. The molecule has 1 amide bonds. The minimum Gasteiger partial charge on any atom is -0.346 e. The van der Waals surface area contributed by atoms with Crippen LogP contribution in [0.2, 0.25) is 0 Å². The van der Waals surface area contributed by atoms with Crippen LogP contribution < -0.4 is 5.73 Å². The third-order valence-electron chi connectivity index (χ3n) is 6.59. The molecule has 0 spiro atoms. The maximum absolute atomic E-state index is 12.1. The number of hydrogen-bond donors (Lipinski definition) is 2. The van der Waals surface area contributed by atoms with E-state index in [9.17, 15) is 4.79 Å². The Morgan fingerprint density at radius 1 is 1.32 bits per heavy atom. The number of amides is 1. The number of nitrogens with two attached hydrogens (primary N) is 1. The number of nitrogens with zero attached hydrogens (tertiary/aromatic N) is 5. The van der Waals surface area contributed by atoms with Crippen molar-refractivity contribution in [3.05, 3.63) is 31.0 Å². The van der Waals surface area contributed by atoms with E-state index >= 15 is 0 Å². The standard InChI is InChI=1S/C20H25N7O/c1-2-17(28)26-8-13-5-20(11-21,6-14(13)9-26)27-10-15(7-25-27)18-16-3-4-22-19(16)24-12-23-18/h3-4,7,10,12-14H,2,5-6,8-9,11,21H2,1H3,(H,22,23,24)/t13-,14+,20?. The molecule has 1 aliphatic carbocycles. The van der Waals surface area contributed by atoms with Crippen LogP contribution in [0.25, 0.3) is 22.3 Å². The van der Waals surface area contributed by atoms with Crippen LogP contribution in [0, 0.1) is 11.8 Å². The number of likely N-dealkylation sites (tertiary alicyclic amines) is 1. The maximum Gasteiger partial charge on any atom is 0.222 e. The summed E-state index contributed by atoms with van der Waals surface area (Å²) < 4.78 is 2.05. The fraction of sp³-hybridized carbons (Fsp3) is 0.500. The number of rotatable bonds is 4. The van der Waals surface area contributed by atoms with Gasteiger partial charge in [0.2, 0.25) is 5.91 Å². The van der Waals surface area contributed by atoms with Crippen LogP contribution in [-0.4, -0.2) is 55.2 Å². The summed E-state index contributed by atoms with van der Waals surface area (Å²) in [7, 11) is 0. The first-order valence-electron chi connectivity index (χ1n) is 9.95. The lowest BCUT2D eigenvalue weighted by molar-refractivity contribution is -0.130. The van der Waals surface area contributed by atoms with Crippen molar-refractivity contribution in [2.24, 2.45) is 17.6 Å². The van der Waals surface area contributed by atoms with Crippen LogP contribution in [0.1, 0.15) is 26.2 Å². The summed E-state index contributed by atoms with van der Waals surface area (Å²) in [5, 5.41) is 5.68. The second kappa shape index (κ2) is 6.41. The van der Waals surface area contributed by atoms with E-state index in [0.717, 1.165) is 48.2 Å². The van der Waals surface area contributed by atoms with Gasteiger partial charge in [-0.15, -0.1) is 0 Å². The van der Waals surface area contributed by atoms with E-state index in [1.807, 2.05) is 35.0 Å². The van der Waals surface area contributed by atoms with Crippen molar-refractivity contribution in [1.29, 1.82) is 0 Å². The molecule has 0 radical (unpaired) electrons. The molecule has 0 bridgehead atoms. The first-order valence-corrected chi connectivity index (χ1v) is 9.95. The highest BCUT2D eigenvalue weighted by molar-refractivity contribution is 5.90. The van der Waals surface area contributed by atoms with Gasteiger partial charge >= 0.3 is 0 Å². The lowest BCUT2D eigenvalue weighted by atomic mass is 9.95. The summed E-state index contributed by atoms with van der Waals surface area (Å²) in [6.07, 6.45) is 9.89. The van der Waals surface area contributed by atoms with E-state index < -0.39 is 0 Å². The Kier molecular flexibility index (Phi) is 3.97. The lowest BCUT2D eigenvalue weighted by Crippen LogP contribution is -2.41. The van der Waals surface area contributed by atoms with Crippen molar-refractivity contribution in [2.75, 3.05) is 19.6 Å². The van der Waals surface area contributed by atoms with Gasteiger partial charge in [0.1, 0.15) is 12.0 Å². The van der Waals surface area contributed by atoms with Gasteiger partial charge in [0.15, 0.2) is 0 Å². The average Bonchev–Trinajstić information content (AvgIpc) is 3.48. The summed E-state index contributed by atoms with van der Waals surface area (Å²) in [4.78, 5) is 25.9. The van der Waals surface area contributed by atoms with Crippen LogP contribution >= 0.6 is 0 Å². The van der Waals surface area contributed by atoms with Crippen LogP contribution in [0.3, 0.4) is 0 Å². The number of carbonyl (C=O) groups excluding carboxylic acids is 1. The Labute approximate surface area is 163 Å². The SMILES string of the molecule is CCC(=O)N1C[C@@H]2CC(CN)(n3cc(-c4ncnc5[nH]ccc45)cn3)C[C@@H]2C1. The zero-order valence-corrected chi connectivity index (χ0v) is 16.0. The molecule has 1 unspecified atom stereocenters. The fourth-order valence-corrected chi connectivity index (χ4v) is 5.14. The quantitative estimate of drug-likeness (QED) is 0.718. The highest BCUT2D eigenvalue weighted by Gasteiger charge is 2.50. The molecule has 2 fully saturated rings. The Morgan fingerprint density at radius 3 is 2.82 bits per heavy atom. The number of fused-ring (bicyclic) bond motifs is 2. The summed E-state index contributed by atoms with van der Waals surface area (Å²) in [5.41, 5.74) is 8.76. The normalized spacial score (nSPS) is 26.9. The van der Waals surface area contributed by atoms with Crippen molar-refractivity contribution in [1.82, 2.24) is 29.6 Å². The van der Waals surface area contributed by atoms with Crippen LogP contribution in [0.4, 0.5) is 0 Å². The highest BCUT2D eigenvalue weighted by Crippen LogP contribution is 2.47. The minimum atomic E-state index is -0.181. The Hall–Kier alpha value is -2.74. The monoisotopic (exact) mass is 379 g/mol. The van der Waals surface area contributed by atoms with Crippen LogP contribution in [0.5, 0.6) is 0 Å². The van der Waals surface area contributed by atoms with Gasteiger partial charge in [0.25, 0.3) is 0 Å². The van der Waals surface area contributed by atoms with E-state index in [4.69, 9.17) is 10.8 Å². The largest absolute Gasteiger partial charge is 0.346 e. The van der Waals surface area contributed by atoms with E-state index in [0.29, 0.717) is 24.8 Å². The second-order valence-electron chi connectivity index (χ2n) is 8.14. The van der Waals surface area contributed by atoms with Gasteiger partial charge < -0.3 is 15.6 Å². The summed E-state index contributed by atoms with van der Waals surface area (Å²) in [6.45, 7) is 4.18. The Balaban J connectivity index is 1.43. The van der Waals surface area contributed by atoms with Crippen molar-refractivity contribution in [3.63, 3.8) is 0 Å². The predicted molar refractivity (Wildman–Crippen MR) is 105 cm³/mol. The zero-order valence-electron chi connectivity index (χ0n) is 16.0. The van der Waals surface area contributed by atoms with Gasteiger partial charge in [-0.1, -0.05) is 6.92 Å². The van der Waals surface area contributed by atoms with Crippen molar-refractivity contribution in [3.8, 4) is 11.3 Å². The Morgan fingerprint density at radius 2 is 2.11 bits per heavy atom. The fourth-order valence-electron chi connectivity index (χ4n) is 5.14. The first-order chi connectivity index (χ1) is 13.6. The number of hydrogen-bond acceptors (Lipinski definition) is 5. The topological polar surface area (TPSA) is 106 Å². The molecular weight excluding hydrogens is 354 g/mol. The molecule has 3 N–H and O–H groups in total. The molecule has 8 nitrogen and oxygen atoms in total. The second-order valence-corrected chi connectivity index (χ2v) is 8.14.